The summed E-state index contributed by atoms with van der Waals surface area (Å²) in [7, 11) is 2.09. The predicted octanol–water partition coefficient (Wildman–Crippen LogP) is 3.83. The summed E-state index contributed by atoms with van der Waals surface area (Å²) in [5.74, 6) is 1.48. The number of aliphatic hydroxyl groups is 2. The molecule has 3 N–H and O–H groups in total. The second kappa shape index (κ2) is 7.23. The number of carboxylic acids is 1. The van der Waals surface area contributed by atoms with Gasteiger partial charge in [-0.25, -0.2) is 0 Å². The molecule has 0 aromatic rings. The molecule has 10 atom stereocenters. The van der Waals surface area contributed by atoms with E-state index in [9.17, 15) is 15.0 Å². The highest BCUT2D eigenvalue weighted by atomic mass is 16.4. The Morgan fingerprint density at radius 1 is 1.10 bits per heavy atom. The lowest BCUT2D eigenvalue weighted by molar-refractivity contribution is -0.237. The van der Waals surface area contributed by atoms with Crippen molar-refractivity contribution in [3.63, 3.8) is 0 Å². The molecule has 4 fully saturated rings. The number of aliphatic hydroxyl groups excluding tert-OH is 1. The molecule has 0 aliphatic heterocycles. The van der Waals surface area contributed by atoms with Crippen LogP contribution in [0.1, 0.15) is 91.9 Å². The first-order chi connectivity index (χ1) is 13.8. The van der Waals surface area contributed by atoms with Crippen LogP contribution in [0.25, 0.3) is 0 Å². The maximum absolute atomic E-state index is 11.9. The smallest absolute Gasteiger partial charge is 0.303 e. The third-order valence-electron chi connectivity index (χ3n) is 11.3. The molecule has 4 nitrogen and oxygen atoms in total. The van der Waals surface area contributed by atoms with E-state index in [1.165, 1.54) is 19.3 Å². The van der Waals surface area contributed by atoms with Crippen LogP contribution in [0.5, 0.6) is 0 Å². The van der Waals surface area contributed by atoms with E-state index in [1.807, 2.05) is 0 Å². The number of hydrogen-bond donors (Lipinski definition) is 3. The van der Waals surface area contributed by atoms with Crippen molar-refractivity contribution in [1.29, 1.82) is 0 Å². The molecule has 0 aromatic heterocycles. The summed E-state index contributed by atoms with van der Waals surface area (Å²) < 4.78 is 0. The highest BCUT2D eigenvalue weighted by Gasteiger charge is 2.70. The molecule has 4 aliphatic rings. The number of aliphatic carboxylic acids is 1. The van der Waals surface area contributed by atoms with E-state index in [0.717, 1.165) is 38.5 Å². The molecular weight excluding hydrogens is 375 g/mol. The first-order valence-electron chi connectivity index (χ1n) is 12.5. The number of hydrogen-bond acceptors (Lipinski definition) is 3. The van der Waals surface area contributed by atoms with Gasteiger partial charge >= 0.3 is 5.97 Å². The van der Waals surface area contributed by atoms with E-state index in [1.54, 1.807) is 0 Å². The summed E-state index contributed by atoms with van der Waals surface area (Å²) in [6, 6.07) is 0. The lowest BCUT2D eigenvalue weighted by Crippen LogP contribution is -2.68. The fraction of sp³-hybridized carbons (Fsp3) is 0.960. The van der Waals surface area contributed by atoms with Gasteiger partial charge in [0.1, 0.15) is 7.85 Å². The van der Waals surface area contributed by atoms with Gasteiger partial charge in [0.25, 0.3) is 0 Å². The van der Waals surface area contributed by atoms with Crippen LogP contribution >= 0.6 is 0 Å². The molecule has 0 aromatic carbocycles. The van der Waals surface area contributed by atoms with Gasteiger partial charge in [-0.05, 0) is 104 Å². The van der Waals surface area contributed by atoms with Gasteiger partial charge in [0.15, 0.2) is 0 Å². The van der Waals surface area contributed by atoms with Crippen molar-refractivity contribution in [2.75, 3.05) is 0 Å². The zero-order valence-electron chi connectivity index (χ0n) is 19.8. The summed E-state index contributed by atoms with van der Waals surface area (Å²) in [5, 5.41) is 31.4. The average molecular weight is 418 g/mol. The van der Waals surface area contributed by atoms with Gasteiger partial charge < -0.3 is 15.3 Å². The number of rotatable bonds is 4. The van der Waals surface area contributed by atoms with E-state index in [-0.39, 0.29) is 34.7 Å². The molecule has 0 heterocycles. The van der Waals surface area contributed by atoms with Crippen LogP contribution in [0, 0.1) is 45.8 Å². The van der Waals surface area contributed by atoms with Gasteiger partial charge in [-0.2, -0.15) is 0 Å². The van der Waals surface area contributed by atoms with Gasteiger partial charge in [0.2, 0.25) is 0 Å². The lowest BCUT2D eigenvalue weighted by Gasteiger charge is -2.70. The Morgan fingerprint density at radius 3 is 2.47 bits per heavy atom. The Hall–Kier alpha value is -0.545. The van der Waals surface area contributed by atoms with Crippen molar-refractivity contribution >= 4 is 13.8 Å². The van der Waals surface area contributed by atoms with Crippen molar-refractivity contribution in [2.45, 2.75) is 104 Å². The normalized spacial score (nSPS) is 54.0. The highest BCUT2D eigenvalue weighted by Crippen LogP contribution is 2.74. The predicted molar refractivity (Wildman–Crippen MR) is 121 cm³/mol. The van der Waals surface area contributed by atoms with Crippen LogP contribution in [0.4, 0.5) is 0 Å². The summed E-state index contributed by atoms with van der Waals surface area (Å²) in [6.07, 6.45) is 9.11. The third kappa shape index (κ3) is 3.12. The minimum atomic E-state index is -0.693. The maximum Gasteiger partial charge on any atom is 0.303 e. The number of carbonyl (C=O) groups is 1. The summed E-state index contributed by atoms with van der Waals surface area (Å²) in [6.45, 7) is 9.66. The first-order valence-corrected chi connectivity index (χ1v) is 12.5. The molecule has 0 unspecified atom stereocenters. The van der Waals surface area contributed by atoms with Crippen molar-refractivity contribution in [3.8, 4) is 0 Å². The molecule has 170 valence electrons. The molecule has 30 heavy (non-hydrogen) atoms. The molecular formula is C25H43BO4. The van der Waals surface area contributed by atoms with Crippen LogP contribution in [0.3, 0.4) is 0 Å². The monoisotopic (exact) mass is 418 g/mol. The second-order valence-electron chi connectivity index (χ2n) is 12.7. The van der Waals surface area contributed by atoms with E-state index in [2.05, 4.69) is 35.5 Å². The SMILES string of the molecule is B[C@@]1(O)C[C@@H]2C[C@H](O)CC[C@]2(C)[C@@]2(C)CC[C@]3(C)[C@@H]([C@H](C)CCC(=O)O)CC[C@H]3[C@@H]21. The molecule has 4 saturated carbocycles. The van der Waals surface area contributed by atoms with Crippen molar-refractivity contribution in [3.05, 3.63) is 0 Å². The highest BCUT2D eigenvalue weighted by molar-refractivity contribution is 6.14. The molecule has 0 saturated heterocycles. The van der Waals surface area contributed by atoms with Gasteiger partial charge in [-0.15, -0.1) is 0 Å². The standard InChI is InChI=1S/C25H43BO4/c1-15(5-8-20(28)29)18-6-7-19-21-24(4,12-11-22(18,19)2)23(3)10-9-17(27)13-16(23)14-25(21,26)30/h15-19,21,27,30H,5-14,26H2,1-4H3,(H,28,29)/t15-,16+,17-,18-,19+,21+,22-,23+,24+,25-/m1/s1. The van der Waals surface area contributed by atoms with Crippen molar-refractivity contribution in [2.24, 2.45) is 45.8 Å². The maximum atomic E-state index is 11.9. The van der Waals surface area contributed by atoms with Crippen molar-refractivity contribution < 1.29 is 20.1 Å². The third-order valence-corrected chi connectivity index (χ3v) is 11.3. The van der Waals surface area contributed by atoms with Crippen LogP contribution in [-0.4, -0.2) is 40.7 Å². The fourth-order valence-electron chi connectivity index (χ4n) is 9.65. The number of fused-ring (bicyclic) bond motifs is 5. The Morgan fingerprint density at radius 2 is 1.80 bits per heavy atom. The van der Waals surface area contributed by atoms with Crippen LogP contribution in [0.15, 0.2) is 0 Å². The van der Waals surface area contributed by atoms with Gasteiger partial charge in [-0.1, -0.05) is 27.7 Å². The largest absolute Gasteiger partial charge is 0.481 e. The minimum absolute atomic E-state index is 0.100. The Bertz CT molecular complexity index is 695. The molecule has 0 amide bonds. The van der Waals surface area contributed by atoms with Gasteiger partial charge in [0.05, 0.1) is 6.10 Å². The Labute approximate surface area is 183 Å². The fourth-order valence-corrected chi connectivity index (χ4v) is 9.65. The van der Waals surface area contributed by atoms with E-state index in [0.29, 0.717) is 23.7 Å². The van der Waals surface area contributed by atoms with Gasteiger partial charge in [0, 0.05) is 11.9 Å². The summed E-state index contributed by atoms with van der Waals surface area (Å²) in [4.78, 5) is 11.1. The molecule has 0 radical (unpaired) electrons. The van der Waals surface area contributed by atoms with E-state index in [4.69, 9.17) is 5.11 Å². The average Bonchev–Trinajstić information content (AvgIpc) is 2.98. The zero-order valence-corrected chi connectivity index (χ0v) is 19.8. The summed E-state index contributed by atoms with van der Waals surface area (Å²) >= 11 is 0. The first kappa shape index (κ1) is 22.6. The number of carboxylic acid groups (broad SMARTS) is 1. The van der Waals surface area contributed by atoms with Crippen LogP contribution in [-0.2, 0) is 4.79 Å². The van der Waals surface area contributed by atoms with Crippen molar-refractivity contribution in [1.82, 2.24) is 0 Å². The van der Waals surface area contributed by atoms with Gasteiger partial charge in [-0.3, -0.25) is 4.79 Å². The molecule has 5 heteroatoms. The van der Waals surface area contributed by atoms with E-state index < -0.39 is 11.5 Å². The molecule has 4 aliphatic carbocycles. The molecule has 4 rings (SSSR count). The van der Waals surface area contributed by atoms with E-state index >= 15 is 0 Å². The topological polar surface area (TPSA) is 77.8 Å². The molecule has 0 spiro atoms. The summed E-state index contributed by atoms with van der Waals surface area (Å²) in [5.41, 5.74) is -0.207. The molecule has 0 bridgehead atoms. The Kier molecular flexibility index (Phi) is 5.46. The lowest BCUT2D eigenvalue weighted by atomic mass is 9.33. The van der Waals surface area contributed by atoms with Crippen LogP contribution in [0.2, 0.25) is 0 Å². The zero-order chi connectivity index (χ0) is 22.1. The van der Waals surface area contributed by atoms with Crippen LogP contribution < -0.4 is 0 Å². The Balaban J connectivity index is 1.66. The second-order valence-corrected chi connectivity index (χ2v) is 12.7. The quantitative estimate of drug-likeness (QED) is 0.607. The minimum Gasteiger partial charge on any atom is -0.481 e.